The molecule has 2 aromatic rings. The third kappa shape index (κ3) is 2.99. The smallest absolute Gasteiger partial charge is 0.123 e. The van der Waals surface area contributed by atoms with Crippen molar-refractivity contribution < 1.29 is 10.2 Å². The lowest BCUT2D eigenvalue weighted by Crippen LogP contribution is -2.17. The molecule has 0 aliphatic rings. The Bertz CT molecular complexity index is 482. The van der Waals surface area contributed by atoms with E-state index < -0.39 is 0 Å². The lowest BCUT2D eigenvalue weighted by molar-refractivity contribution is 0.441. The van der Waals surface area contributed by atoms with Crippen LogP contribution in [0.15, 0.2) is 35.7 Å². The summed E-state index contributed by atoms with van der Waals surface area (Å²) in [6, 6.07) is 9.01. The van der Waals surface area contributed by atoms with Crippen LogP contribution in [0, 0.1) is 0 Å². The second-order valence-corrected chi connectivity index (χ2v) is 4.91. The highest BCUT2D eigenvalue weighted by atomic mass is 32.1. The highest BCUT2D eigenvalue weighted by Gasteiger charge is 2.07. The predicted octanol–water partition coefficient (Wildman–Crippen LogP) is 3.01. The monoisotopic (exact) mass is 249 g/mol. The first-order valence-corrected chi connectivity index (χ1v) is 6.32. The minimum absolute atomic E-state index is 0.0811. The molecule has 1 atom stereocenters. The van der Waals surface area contributed by atoms with Gasteiger partial charge in [-0.2, -0.15) is 0 Å². The number of nitrogens with one attached hydrogen (secondary N) is 1. The molecule has 0 saturated heterocycles. The molecule has 0 unspecified atom stereocenters. The maximum Gasteiger partial charge on any atom is 0.123 e. The van der Waals surface area contributed by atoms with E-state index in [1.54, 1.807) is 23.5 Å². The van der Waals surface area contributed by atoms with Crippen LogP contribution in [0.5, 0.6) is 11.5 Å². The lowest BCUT2D eigenvalue weighted by atomic mass is 10.1. The quantitative estimate of drug-likeness (QED) is 0.780. The molecule has 0 saturated carbocycles. The van der Waals surface area contributed by atoms with Gasteiger partial charge < -0.3 is 15.5 Å². The van der Waals surface area contributed by atoms with E-state index in [0.29, 0.717) is 6.54 Å². The van der Waals surface area contributed by atoms with Crippen molar-refractivity contribution in [3.63, 3.8) is 0 Å². The van der Waals surface area contributed by atoms with E-state index in [0.717, 1.165) is 5.56 Å². The zero-order valence-electron chi connectivity index (χ0n) is 9.55. The van der Waals surface area contributed by atoms with Crippen LogP contribution in [0.2, 0.25) is 0 Å². The first-order valence-electron chi connectivity index (χ1n) is 5.44. The molecule has 0 aliphatic heterocycles. The summed E-state index contributed by atoms with van der Waals surface area (Å²) in [7, 11) is 0. The zero-order valence-corrected chi connectivity index (χ0v) is 10.4. The number of benzene rings is 1. The Kier molecular flexibility index (Phi) is 3.66. The van der Waals surface area contributed by atoms with Gasteiger partial charge in [0, 0.05) is 29.1 Å². The number of thiophene rings is 1. The van der Waals surface area contributed by atoms with E-state index in [-0.39, 0.29) is 17.5 Å². The molecular formula is C13H15NO2S. The van der Waals surface area contributed by atoms with Crippen LogP contribution < -0.4 is 5.32 Å². The topological polar surface area (TPSA) is 52.5 Å². The summed E-state index contributed by atoms with van der Waals surface area (Å²) >= 11 is 1.71. The molecule has 90 valence electrons. The normalized spacial score (nSPS) is 12.5. The summed E-state index contributed by atoms with van der Waals surface area (Å²) in [5, 5.41) is 24.2. The van der Waals surface area contributed by atoms with Crippen molar-refractivity contribution in [3.8, 4) is 11.5 Å². The van der Waals surface area contributed by atoms with Crippen LogP contribution in [0.3, 0.4) is 0 Å². The average Bonchev–Trinajstić information content (AvgIpc) is 2.81. The Hall–Kier alpha value is -1.52. The molecule has 3 N–H and O–H groups in total. The second kappa shape index (κ2) is 5.21. The fourth-order valence-corrected chi connectivity index (χ4v) is 2.36. The molecule has 0 spiro atoms. The summed E-state index contributed by atoms with van der Waals surface area (Å²) in [6.45, 7) is 2.66. The lowest BCUT2D eigenvalue weighted by Gasteiger charge is -2.13. The van der Waals surface area contributed by atoms with E-state index in [4.69, 9.17) is 0 Å². The van der Waals surface area contributed by atoms with Crippen LogP contribution in [-0.4, -0.2) is 10.2 Å². The maximum atomic E-state index is 9.64. The first-order chi connectivity index (χ1) is 8.16. The summed E-state index contributed by atoms with van der Waals surface area (Å²) < 4.78 is 0. The van der Waals surface area contributed by atoms with Gasteiger partial charge in [0.15, 0.2) is 0 Å². The first kappa shape index (κ1) is 12.0. The number of phenols is 2. The van der Waals surface area contributed by atoms with Gasteiger partial charge >= 0.3 is 0 Å². The van der Waals surface area contributed by atoms with Gasteiger partial charge in [-0.3, -0.25) is 0 Å². The number of phenolic OH excluding ortho intramolecular Hbond substituents is 2. The van der Waals surface area contributed by atoms with Crippen molar-refractivity contribution in [2.24, 2.45) is 0 Å². The molecule has 1 heterocycles. The fourth-order valence-electron chi connectivity index (χ4n) is 1.60. The molecule has 2 rings (SSSR count). The summed E-state index contributed by atoms with van der Waals surface area (Å²) in [6.07, 6.45) is 0. The van der Waals surface area contributed by atoms with Crippen LogP contribution in [0.25, 0.3) is 0 Å². The Morgan fingerprint density at radius 2 is 2.12 bits per heavy atom. The molecule has 1 aromatic heterocycles. The largest absolute Gasteiger partial charge is 0.508 e. The van der Waals surface area contributed by atoms with Crippen LogP contribution in [-0.2, 0) is 6.54 Å². The van der Waals surface area contributed by atoms with Gasteiger partial charge in [-0.05, 0) is 24.4 Å². The van der Waals surface area contributed by atoms with Crippen molar-refractivity contribution in [3.05, 3.63) is 46.2 Å². The van der Waals surface area contributed by atoms with Crippen LogP contribution >= 0.6 is 11.3 Å². The second-order valence-electron chi connectivity index (χ2n) is 3.93. The van der Waals surface area contributed by atoms with Gasteiger partial charge in [0.25, 0.3) is 0 Å². The molecule has 0 radical (unpaired) electrons. The van der Waals surface area contributed by atoms with Gasteiger partial charge in [-0.1, -0.05) is 12.1 Å². The Morgan fingerprint density at radius 1 is 1.29 bits per heavy atom. The highest BCUT2D eigenvalue weighted by molar-refractivity contribution is 7.10. The molecule has 4 heteroatoms. The Labute approximate surface area is 104 Å². The summed E-state index contributed by atoms with van der Waals surface area (Å²) in [5.74, 6) is 0.202. The number of aromatic hydroxyl groups is 2. The Morgan fingerprint density at radius 3 is 2.76 bits per heavy atom. The van der Waals surface area contributed by atoms with E-state index in [2.05, 4.69) is 18.3 Å². The summed E-state index contributed by atoms with van der Waals surface area (Å²) in [5.41, 5.74) is 0.784. The minimum atomic E-state index is 0.0811. The van der Waals surface area contributed by atoms with Gasteiger partial charge in [-0.15, -0.1) is 11.3 Å². The van der Waals surface area contributed by atoms with Crippen molar-refractivity contribution in [1.29, 1.82) is 0 Å². The predicted molar refractivity (Wildman–Crippen MR) is 69.3 cm³/mol. The van der Waals surface area contributed by atoms with Crippen molar-refractivity contribution in [2.75, 3.05) is 0 Å². The van der Waals surface area contributed by atoms with Gasteiger partial charge in [0.2, 0.25) is 0 Å². The van der Waals surface area contributed by atoms with Crippen LogP contribution in [0.4, 0.5) is 0 Å². The van der Waals surface area contributed by atoms with Gasteiger partial charge in [-0.25, -0.2) is 0 Å². The van der Waals surface area contributed by atoms with Gasteiger partial charge in [0.05, 0.1) is 0 Å². The molecule has 3 nitrogen and oxygen atoms in total. The highest BCUT2D eigenvalue weighted by Crippen LogP contribution is 2.24. The molecular weight excluding hydrogens is 234 g/mol. The minimum Gasteiger partial charge on any atom is -0.508 e. The fraction of sp³-hybridized carbons (Fsp3) is 0.231. The number of rotatable bonds is 4. The van der Waals surface area contributed by atoms with Crippen molar-refractivity contribution >= 4 is 11.3 Å². The zero-order chi connectivity index (χ0) is 12.3. The number of hydrogen-bond donors (Lipinski definition) is 3. The third-order valence-corrected chi connectivity index (χ3v) is 3.69. The molecule has 17 heavy (non-hydrogen) atoms. The van der Waals surface area contributed by atoms with Crippen molar-refractivity contribution in [1.82, 2.24) is 5.32 Å². The van der Waals surface area contributed by atoms with Crippen molar-refractivity contribution in [2.45, 2.75) is 19.5 Å². The molecule has 0 bridgehead atoms. The molecule has 0 aliphatic carbocycles. The molecule has 0 fully saturated rings. The SMILES string of the molecule is C[C@@H](NCc1ccc(O)cc1O)c1cccs1. The van der Waals surface area contributed by atoms with Gasteiger partial charge in [0.1, 0.15) is 11.5 Å². The van der Waals surface area contributed by atoms with Crippen LogP contribution in [0.1, 0.15) is 23.4 Å². The number of hydrogen-bond acceptors (Lipinski definition) is 4. The Balaban J connectivity index is 1.98. The van der Waals surface area contributed by atoms with E-state index in [1.807, 2.05) is 11.4 Å². The standard InChI is InChI=1S/C13H15NO2S/c1-9(13-3-2-6-17-13)14-8-10-4-5-11(15)7-12(10)16/h2-7,9,14-16H,8H2,1H3/t9-/m1/s1. The third-order valence-electron chi connectivity index (χ3n) is 2.64. The molecule has 1 aromatic carbocycles. The summed E-state index contributed by atoms with van der Waals surface area (Å²) in [4.78, 5) is 1.27. The average molecular weight is 249 g/mol. The molecule has 0 amide bonds. The van der Waals surface area contributed by atoms with E-state index in [9.17, 15) is 10.2 Å². The van der Waals surface area contributed by atoms with E-state index >= 15 is 0 Å². The maximum absolute atomic E-state index is 9.64. The van der Waals surface area contributed by atoms with E-state index in [1.165, 1.54) is 10.9 Å².